The van der Waals surface area contributed by atoms with Gasteiger partial charge >= 0.3 is 17.9 Å². The van der Waals surface area contributed by atoms with Gasteiger partial charge < -0.3 is 14.9 Å². The van der Waals surface area contributed by atoms with Crippen molar-refractivity contribution in [3.8, 4) is 5.75 Å². The van der Waals surface area contributed by atoms with Crippen LogP contribution in [0.5, 0.6) is 5.75 Å². The first kappa shape index (κ1) is 16.7. The molecule has 6 heteroatoms. The van der Waals surface area contributed by atoms with Crippen LogP contribution in [0.1, 0.15) is 32.6 Å². The Bertz CT molecular complexity index is 494. The van der Waals surface area contributed by atoms with Crippen LogP contribution in [0.25, 0.3) is 0 Å². The molecular weight excluding hydrogens is 276 g/mol. The van der Waals surface area contributed by atoms with Crippen LogP contribution >= 0.6 is 0 Å². The van der Waals surface area contributed by atoms with Gasteiger partial charge in [0.25, 0.3) is 5.41 Å². The average molecular weight is 294 g/mol. The molecule has 2 N–H and O–H groups in total. The molecule has 0 aliphatic heterocycles. The molecule has 1 rings (SSSR count). The van der Waals surface area contributed by atoms with Gasteiger partial charge in [-0.25, -0.2) is 4.79 Å². The van der Waals surface area contributed by atoms with E-state index < -0.39 is 23.3 Å². The monoisotopic (exact) mass is 294 g/mol. The highest BCUT2D eigenvalue weighted by molar-refractivity contribution is 6.17. The van der Waals surface area contributed by atoms with Crippen molar-refractivity contribution >= 4 is 17.9 Å². The first-order valence-electron chi connectivity index (χ1n) is 6.69. The first-order chi connectivity index (χ1) is 9.95. The zero-order valence-electron chi connectivity index (χ0n) is 11.7. The van der Waals surface area contributed by atoms with Crippen LogP contribution in [0.15, 0.2) is 30.3 Å². The van der Waals surface area contributed by atoms with Gasteiger partial charge in [0, 0.05) is 0 Å². The van der Waals surface area contributed by atoms with E-state index in [0.29, 0.717) is 12.8 Å². The van der Waals surface area contributed by atoms with Gasteiger partial charge in [0.05, 0.1) is 0 Å². The summed E-state index contributed by atoms with van der Waals surface area (Å²) in [6, 6.07) is 7.81. The minimum atomic E-state index is -2.56. The van der Waals surface area contributed by atoms with Crippen LogP contribution in [0.4, 0.5) is 0 Å². The number of carbonyl (C=O) groups is 3. The molecule has 0 amide bonds. The van der Waals surface area contributed by atoms with E-state index >= 15 is 0 Å². The Labute approximate surface area is 122 Å². The number of rotatable bonds is 8. The summed E-state index contributed by atoms with van der Waals surface area (Å²) < 4.78 is 4.93. The highest BCUT2D eigenvalue weighted by Crippen LogP contribution is 2.29. The number of benzene rings is 1. The molecule has 0 atom stereocenters. The number of para-hydroxylation sites is 1. The number of unbranched alkanes of at least 4 members (excludes halogenated alkanes) is 2. The van der Waals surface area contributed by atoms with Crippen molar-refractivity contribution in [3.05, 3.63) is 30.3 Å². The van der Waals surface area contributed by atoms with Gasteiger partial charge in [0.1, 0.15) is 5.75 Å². The summed E-state index contributed by atoms with van der Waals surface area (Å²) in [5, 5.41) is 18.5. The maximum Gasteiger partial charge on any atom is 0.340 e. The molecular formula is C15H18O6. The number of hydrogen-bond donors (Lipinski definition) is 2. The van der Waals surface area contributed by atoms with Crippen LogP contribution in [-0.2, 0) is 14.4 Å². The van der Waals surface area contributed by atoms with Crippen LogP contribution in [0, 0.1) is 5.41 Å². The molecule has 0 aliphatic rings. The largest absolute Gasteiger partial charge is 0.480 e. The molecule has 1 aromatic carbocycles. The van der Waals surface area contributed by atoms with E-state index in [-0.39, 0.29) is 12.2 Å². The van der Waals surface area contributed by atoms with E-state index in [1.165, 1.54) is 12.1 Å². The number of carboxylic acids is 2. The molecule has 0 aliphatic carbocycles. The molecule has 0 bridgehead atoms. The average Bonchev–Trinajstić information content (AvgIpc) is 2.43. The number of hydrogen-bond acceptors (Lipinski definition) is 4. The van der Waals surface area contributed by atoms with Crippen molar-refractivity contribution in [2.45, 2.75) is 32.6 Å². The fraction of sp³-hybridized carbons (Fsp3) is 0.400. The number of esters is 1. The van der Waals surface area contributed by atoms with E-state index in [1.54, 1.807) is 18.2 Å². The van der Waals surface area contributed by atoms with Gasteiger partial charge in [0.2, 0.25) is 0 Å². The van der Waals surface area contributed by atoms with E-state index in [2.05, 4.69) is 0 Å². The molecule has 0 saturated heterocycles. The maximum atomic E-state index is 12.1. The van der Waals surface area contributed by atoms with E-state index in [9.17, 15) is 24.6 Å². The molecule has 6 nitrogen and oxygen atoms in total. The second-order valence-corrected chi connectivity index (χ2v) is 4.68. The highest BCUT2D eigenvalue weighted by atomic mass is 16.5. The third kappa shape index (κ3) is 3.81. The molecule has 0 aromatic heterocycles. The van der Waals surface area contributed by atoms with E-state index in [1.807, 2.05) is 6.92 Å². The van der Waals surface area contributed by atoms with Crippen LogP contribution in [0.2, 0.25) is 0 Å². The fourth-order valence-electron chi connectivity index (χ4n) is 1.90. The minimum Gasteiger partial charge on any atom is -0.480 e. The second-order valence-electron chi connectivity index (χ2n) is 4.68. The zero-order valence-corrected chi connectivity index (χ0v) is 11.7. The lowest BCUT2D eigenvalue weighted by atomic mass is 9.82. The summed E-state index contributed by atoms with van der Waals surface area (Å²) in [6.45, 7) is 1.89. The van der Waals surface area contributed by atoms with Gasteiger partial charge in [-0.1, -0.05) is 44.4 Å². The predicted molar refractivity (Wildman–Crippen MR) is 73.9 cm³/mol. The Morgan fingerprint density at radius 3 is 2.10 bits per heavy atom. The lowest BCUT2D eigenvalue weighted by molar-refractivity contribution is -0.175. The third-order valence-electron chi connectivity index (χ3n) is 3.19. The normalized spacial score (nSPS) is 10.9. The predicted octanol–water partition coefficient (Wildman–Crippen LogP) is 2.33. The SMILES string of the molecule is CCCCCC(C(=O)O)(C(=O)O)C(=O)Oc1ccccc1. The standard InChI is InChI=1S/C15H18O6/c1-2-3-7-10-15(12(16)17,13(18)19)14(20)21-11-8-5-4-6-9-11/h4-6,8-9H,2-3,7,10H2,1H3,(H,16,17)(H,18,19). The van der Waals surface area contributed by atoms with E-state index in [4.69, 9.17) is 4.74 Å². The van der Waals surface area contributed by atoms with Gasteiger partial charge in [-0.3, -0.25) is 9.59 Å². The Balaban J connectivity index is 3.01. The Kier molecular flexibility index (Phi) is 5.90. The van der Waals surface area contributed by atoms with Crippen molar-refractivity contribution in [1.29, 1.82) is 0 Å². The van der Waals surface area contributed by atoms with Crippen molar-refractivity contribution in [2.75, 3.05) is 0 Å². The Hall–Kier alpha value is -2.37. The molecule has 0 heterocycles. The maximum absolute atomic E-state index is 12.1. The molecule has 0 unspecified atom stereocenters. The number of carbonyl (C=O) groups excluding carboxylic acids is 1. The number of aliphatic carboxylic acids is 2. The van der Waals surface area contributed by atoms with Crippen LogP contribution in [0.3, 0.4) is 0 Å². The zero-order chi connectivity index (χ0) is 15.9. The lowest BCUT2D eigenvalue weighted by Crippen LogP contribution is -2.48. The first-order valence-corrected chi connectivity index (χ1v) is 6.69. The summed E-state index contributed by atoms with van der Waals surface area (Å²) in [4.78, 5) is 34.9. The summed E-state index contributed by atoms with van der Waals surface area (Å²) in [6.07, 6.45) is 1.44. The third-order valence-corrected chi connectivity index (χ3v) is 3.19. The molecule has 114 valence electrons. The summed E-state index contributed by atoms with van der Waals surface area (Å²) in [7, 11) is 0. The molecule has 0 saturated carbocycles. The van der Waals surface area contributed by atoms with Crippen molar-refractivity contribution < 1.29 is 29.3 Å². The van der Waals surface area contributed by atoms with Gasteiger partial charge in [-0.15, -0.1) is 0 Å². The highest BCUT2D eigenvalue weighted by Gasteiger charge is 2.55. The smallest absolute Gasteiger partial charge is 0.340 e. The molecule has 0 spiro atoms. The fourth-order valence-corrected chi connectivity index (χ4v) is 1.90. The Morgan fingerprint density at radius 2 is 1.62 bits per heavy atom. The minimum absolute atomic E-state index is 0.116. The second kappa shape index (κ2) is 7.42. The summed E-state index contributed by atoms with van der Waals surface area (Å²) in [5.74, 6) is -4.56. The number of carboxylic acid groups (broad SMARTS) is 2. The number of ether oxygens (including phenoxy) is 1. The molecule has 0 fully saturated rings. The lowest BCUT2D eigenvalue weighted by Gasteiger charge is -2.22. The summed E-state index contributed by atoms with van der Waals surface area (Å²) in [5.41, 5.74) is -2.56. The topological polar surface area (TPSA) is 101 Å². The van der Waals surface area contributed by atoms with Crippen molar-refractivity contribution in [3.63, 3.8) is 0 Å². The van der Waals surface area contributed by atoms with E-state index in [0.717, 1.165) is 6.42 Å². The molecule has 1 aromatic rings. The van der Waals surface area contributed by atoms with Crippen LogP contribution in [-0.4, -0.2) is 28.1 Å². The summed E-state index contributed by atoms with van der Waals surface area (Å²) >= 11 is 0. The molecule has 21 heavy (non-hydrogen) atoms. The van der Waals surface area contributed by atoms with Gasteiger partial charge in [-0.05, 0) is 18.6 Å². The van der Waals surface area contributed by atoms with Crippen molar-refractivity contribution in [1.82, 2.24) is 0 Å². The van der Waals surface area contributed by atoms with Crippen LogP contribution < -0.4 is 4.74 Å². The van der Waals surface area contributed by atoms with Gasteiger partial charge in [0.15, 0.2) is 0 Å². The Morgan fingerprint density at radius 1 is 1.05 bits per heavy atom. The van der Waals surface area contributed by atoms with Gasteiger partial charge in [-0.2, -0.15) is 0 Å². The quantitative estimate of drug-likeness (QED) is 0.330. The molecule has 0 radical (unpaired) electrons. The van der Waals surface area contributed by atoms with Crippen molar-refractivity contribution in [2.24, 2.45) is 5.41 Å².